The fraction of sp³-hybridized carbons (Fsp3) is 0.600. The van der Waals surface area contributed by atoms with Crippen molar-refractivity contribution in [1.82, 2.24) is 4.90 Å². The molecule has 0 radical (unpaired) electrons. The Kier molecular flexibility index (Phi) is 4.61. The number of hydrogen-bond acceptors (Lipinski definition) is 3. The van der Waals surface area contributed by atoms with Crippen LogP contribution in [-0.2, 0) is 6.42 Å². The number of nitrogens with zero attached hydrogens (tertiary/aromatic N) is 1. The minimum Gasteiger partial charge on any atom is -0.493 e. The maximum absolute atomic E-state index is 10.2. The van der Waals surface area contributed by atoms with E-state index in [-0.39, 0.29) is 6.10 Å². The van der Waals surface area contributed by atoms with E-state index in [0.717, 1.165) is 50.4 Å². The van der Waals surface area contributed by atoms with E-state index in [4.69, 9.17) is 4.74 Å². The molecule has 0 aliphatic carbocycles. The van der Waals surface area contributed by atoms with Gasteiger partial charge in [-0.15, -0.1) is 0 Å². The molecule has 1 atom stereocenters. The molecule has 1 aliphatic rings. The Morgan fingerprint density at radius 2 is 2.11 bits per heavy atom. The number of hydrogen-bond donors (Lipinski definition) is 1. The predicted octanol–water partition coefficient (Wildman–Crippen LogP) is 2.39. The molecule has 2 rings (SSSR count). The quantitative estimate of drug-likeness (QED) is 0.840. The topological polar surface area (TPSA) is 32.7 Å². The molecule has 3 heteroatoms. The zero-order valence-corrected chi connectivity index (χ0v) is 11.4. The molecule has 1 heterocycles. The molecule has 0 saturated heterocycles. The summed E-state index contributed by atoms with van der Waals surface area (Å²) >= 11 is 0. The van der Waals surface area contributed by atoms with Gasteiger partial charge in [0.25, 0.3) is 0 Å². The Balaban J connectivity index is 1.94. The second kappa shape index (κ2) is 6.21. The van der Waals surface area contributed by atoms with Crippen LogP contribution in [0, 0.1) is 0 Å². The number of fused-ring (bicyclic) bond motifs is 1. The Morgan fingerprint density at radius 1 is 1.33 bits per heavy atom. The third-order valence-electron chi connectivity index (χ3n) is 3.71. The van der Waals surface area contributed by atoms with Crippen molar-refractivity contribution in [2.45, 2.75) is 32.8 Å². The molecule has 0 fully saturated rings. The summed E-state index contributed by atoms with van der Waals surface area (Å²) in [7, 11) is 0. The second-order valence-electron chi connectivity index (χ2n) is 4.80. The minimum atomic E-state index is -0.364. The van der Waals surface area contributed by atoms with E-state index >= 15 is 0 Å². The molecule has 18 heavy (non-hydrogen) atoms. The first-order valence-electron chi connectivity index (χ1n) is 6.90. The van der Waals surface area contributed by atoms with Gasteiger partial charge in [-0.2, -0.15) is 0 Å². The summed E-state index contributed by atoms with van der Waals surface area (Å²) in [5, 5.41) is 10.2. The lowest BCUT2D eigenvalue weighted by Gasteiger charge is -2.20. The fourth-order valence-corrected chi connectivity index (χ4v) is 2.43. The molecule has 0 aromatic heterocycles. The fourth-order valence-electron chi connectivity index (χ4n) is 2.43. The lowest BCUT2D eigenvalue weighted by atomic mass is 10.0. The Morgan fingerprint density at radius 3 is 2.83 bits per heavy atom. The van der Waals surface area contributed by atoms with Crippen LogP contribution >= 0.6 is 0 Å². The van der Waals surface area contributed by atoms with Crippen LogP contribution in [-0.4, -0.2) is 36.2 Å². The van der Waals surface area contributed by atoms with Gasteiger partial charge < -0.3 is 14.7 Å². The Labute approximate surface area is 109 Å². The van der Waals surface area contributed by atoms with E-state index in [1.165, 1.54) is 5.56 Å². The maximum atomic E-state index is 10.2. The van der Waals surface area contributed by atoms with Crippen LogP contribution in [0.4, 0.5) is 0 Å². The minimum absolute atomic E-state index is 0.364. The van der Waals surface area contributed by atoms with E-state index in [2.05, 4.69) is 24.8 Å². The van der Waals surface area contributed by atoms with Crippen LogP contribution in [0.5, 0.6) is 5.75 Å². The molecule has 3 nitrogen and oxygen atoms in total. The average molecular weight is 249 g/mol. The summed E-state index contributed by atoms with van der Waals surface area (Å²) in [5.74, 6) is 0.981. The first kappa shape index (κ1) is 13.4. The van der Waals surface area contributed by atoms with E-state index in [1.54, 1.807) is 0 Å². The molecule has 1 N–H and O–H groups in total. The van der Waals surface area contributed by atoms with Crippen molar-refractivity contribution in [1.29, 1.82) is 0 Å². The van der Waals surface area contributed by atoms with E-state index < -0.39 is 0 Å². The lowest BCUT2D eigenvalue weighted by molar-refractivity contribution is 0.145. The largest absolute Gasteiger partial charge is 0.493 e. The van der Waals surface area contributed by atoms with Gasteiger partial charge in [-0.3, -0.25) is 0 Å². The third-order valence-corrected chi connectivity index (χ3v) is 3.71. The average Bonchev–Trinajstić information content (AvgIpc) is 2.86. The third kappa shape index (κ3) is 3.03. The van der Waals surface area contributed by atoms with Gasteiger partial charge in [0.15, 0.2) is 0 Å². The van der Waals surface area contributed by atoms with Crippen molar-refractivity contribution in [2.75, 3.05) is 26.2 Å². The second-order valence-corrected chi connectivity index (χ2v) is 4.80. The zero-order chi connectivity index (χ0) is 13.0. The van der Waals surface area contributed by atoms with Gasteiger partial charge in [0.05, 0.1) is 12.7 Å². The maximum Gasteiger partial charge on any atom is 0.122 e. The molecule has 1 aromatic rings. The van der Waals surface area contributed by atoms with Crippen molar-refractivity contribution in [3.63, 3.8) is 0 Å². The Hall–Kier alpha value is -1.06. The highest BCUT2D eigenvalue weighted by molar-refractivity contribution is 5.40. The summed E-state index contributed by atoms with van der Waals surface area (Å²) in [4.78, 5) is 2.33. The van der Waals surface area contributed by atoms with Gasteiger partial charge in [-0.1, -0.05) is 19.9 Å². The zero-order valence-electron chi connectivity index (χ0n) is 11.4. The van der Waals surface area contributed by atoms with Gasteiger partial charge >= 0.3 is 0 Å². The molecule has 1 aliphatic heterocycles. The number of ether oxygens (including phenoxy) is 1. The van der Waals surface area contributed by atoms with Gasteiger partial charge in [0.2, 0.25) is 0 Å². The van der Waals surface area contributed by atoms with Crippen molar-refractivity contribution in [3.05, 3.63) is 29.3 Å². The van der Waals surface area contributed by atoms with Crippen LogP contribution in [0.25, 0.3) is 0 Å². The first-order chi connectivity index (χ1) is 8.74. The molecule has 100 valence electrons. The van der Waals surface area contributed by atoms with Crippen molar-refractivity contribution < 1.29 is 9.84 Å². The first-order valence-corrected chi connectivity index (χ1v) is 6.90. The molecular weight excluding hydrogens is 226 g/mol. The highest BCUT2D eigenvalue weighted by Crippen LogP contribution is 2.29. The van der Waals surface area contributed by atoms with E-state index in [9.17, 15) is 5.11 Å². The highest BCUT2D eigenvalue weighted by Gasteiger charge is 2.15. The molecule has 1 unspecified atom stereocenters. The van der Waals surface area contributed by atoms with E-state index in [1.807, 2.05) is 12.1 Å². The van der Waals surface area contributed by atoms with Crippen LogP contribution in [0.2, 0.25) is 0 Å². The van der Waals surface area contributed by atoms with Crippen LogP contribution < -0.4 is 4.74 Å². The molecule has 1 aromatic carbocycles. The number of rotatable bonds is 6. The van der Waals surface area contributed by atoms with Gasteiger partial charge in [0.1, 0.15) is 5.75 Å². The summed E-state index contributed by atoms with van der Waals surface area (Å²) in [6, 6.07) is 6.06. The van der Waals surface area contributed by atoms with Gasteiger partial charge in [-0.05, 0) is 42.8 Å². The number of aliphatic hydroxyl groups excluding tert-OH is 1. The number of benzene rings is 1. The molecule has 0 spiro atoms. The summed E-state index contributed by atoms with van der Waals surface area (Å²) in [6.07, 6.45) is 1.39. The molecule has 0 bridgehead atoms. The summed E-state index contributed by atoms with van der Waals surface area (Å²) < 4.78 is 5.48. The van der Waals surface area contributed by atoms with Gasteiger partial charge in [0, 0.05) is 13.0 Å². The van der Waals surface area contributed by atoms with Crippen LogP contribution in [0.3, 0.4) is 0 Å². The van der Waals surface area contributed by atoms with Crippen molar-refractivity contribution in [2.24, 2.45) is 0 Å². The smallest absolute Gasteiger partial charge is 0.122 e. The normalized spacial score (nSPS) is 15.6. The summed E-state index contributed by atoms with van der Waals surface area (Å²) in [6.45, 7) is 8.11. The molecule has 0 amide bonds. The predicted molar refractivity (Wildman–Crippen MR) is 73.0 cm³/mol. The monoisotopic (exact) mass is 249 g/mol. The standard InChI is InChI=1S/C15H23NO2/c1-3-16(4-2)9-7-14(17)12-5-6-15-13(11-12)8-10-18-15/h5-6,11,14,17H,3-4,7-10H2,1-2H3. The van der Waals surface area contributed by atoms with E-state index in [0.29, 0.717) is 0 Å². The van der Waals surface area contributed by atoms with Gasteiger partial charge in [-0.25, -0.2) is 0 Å². The number of aliphatic hydroxyl groups is 1. The molecule has 0 saturated carbocycles. The molecular formula is C15H23NO2. The van der Waals surface area contributed by atoms with Crippen molar-refractivity contribution in [3.8, 4) is 5.75 Å². The SMILES string of the molecule is CCN(CC)CCC(O)c1ccc2c(c1)CCO2. The highest BCUT2D eigenvalue weighted by atomic mass is 16.5. The Bertz CT molecular complexity index is 388. The van der Waals surface area contributed by atoms with Crippen molar-refractivity contribution >= 4 is 0 Å². The van der Waals surface area contributed by atoms with Crippen LogP contribution in [0.1, 0.15) is 37.5 Å². The van der Waals surface area contributed by atoms with Crippen LogP contribution in [0.15, 0.2) is 18.2 Å². The summed E-state index contributed by atoms with van der Waals surface area (Å²) in [5.41, 5.74) is 2.25. The lowest BCUT2D eigenvalue weighted by Crippen LogP contribution is -2.25.